The van der Waals surface area contributed by atoms with Gasteiger partial charge in [-0.05, 0) is 53.3 Å². The van der Waals surface area contributed by atoms with Gasteiger partial charge < -0.3 is 10.2 Å². The number of carbonyl (C=O) groups is 2. The van der Waals surface area contributed by atoms with E-state index >= 15 is 0 Å². The molecule has 6 nitrogen and oxygen atoms in total. The van der Waals surface area contributed by atoms with Crippen molar-refractivity contribution in [3.8, 4) is 11.1 Å². The van der Waals surface area contributed by atoms with Crippen molar-refractivity contribution in [1.82, 2.24) is 10.2 Å². The molecule has 0 fully saturated rings. The van der Waals surface area contributed by atoms with Crippen molar-refractivity contribution < 1.29 is 18.0 Å². The summed E-state index contributed by atoms with van der Waals surface area (Å²) < 4.78 is 23.7. The van der Waals surface area contributed by atoms with E-state index < -0.39 is 9.84 Å². The van der Waals surface area contributed by atoms with Gasteiger partial charge in [-0.2, -0.15) is 0 Å². The molecule has 1 unspecified atom stereocenters. The average Bonchev–Trinajstić information content (AvgIpc) is 2.86. The largest absolute Gasteiger partial charge is 0.350 e. The highest BCUT2D eigenvalue weighted by Gasteiger charge is 2.21. The van der Waals surface area contributed by atoms with Crippen LogP contribution in [0.1, 0.15) is 42.5 Å². The molecule has 1 N–H and O–H groups in total. The summed E-state index contributed by atoms with van der Waals surface area (Å²) in [5.74, 6) is -0.156. The highest BCUT2D eigenvalue weighted by Crippen LogP contribution is 2.25. The van der Waals surface area contributed by atoms with Crippen LogP contribution in [-0.2, 0) is 32.4 Å². The first-order chi connectivity index (χ1) is 16.7. The zero-order valence-corrected chi connectivity index (χ0v) is 20.8. The van der Waals surface area contributed by atoms with Crippen molar-refractivity contribution >= 4 is 21.7 Å². The van der Waals surface area contributed by atoms with Gasteiger partial charge in [-0.25, -0.2) is 8.42 Å². The summed E-state index contributed by atoms with van der Waals surface area (Å²) in [6, 6.07) is 22.5. The van der Waals surface area contributed by atoms with E-state index in [2.05, 4.69) is 17.4 Å². The Balaban J connectivity index is 1.30. The first kappa shape index (κ1) is 24.7. The summed E-state index contributed by atoms with van der Waals surface area (Å²) in [5, 5.41) is 2.97. The van der Waals surface area contributed by atoms with E-state index in [4.69, 9.17) is 0 Å². The fourth-order valence-corrected chi connectivity index (χ4v) is 5.02. The molecule has 35 heavy (non-hydrogen) atoms. The van der Waals surface area contributed by atoms with Crippen molar-refractivity contribution in [1.29, 1.82) is 0 Å². The molecule has 0 aliphatic carbocycles. The van der Waals surface area contributed by atoms with Crippen molar-refractivity contribution in [2.75, 3.05) is 12.8 Å². The lowest BCUT2D eigenvalue weighted by Crippen LogP contribution is -2.36. The molecule has 0 radical (unpaired) electrons. The van der Waals surface area contributed by atoms with Gasteiger partial charge in [-0.3, -0.25) is 9.59 Å². The number of hydrogen-bond acceptors (Lipinski definition) is 4. The number of carbonyl (C=O) groups excluding carboxylic acids is 2. The molecule has 1 aliphatic rings. The van der Waals surface area contributed by atoms with E-state index in [1.54, 1.807) is 18.2 Å². The standard InChI is InChI=1S/C28H30N2O4S/c1-20(21-10-12-23(13-11-21)24-8-5-9-26(18-24)35(2,33)34)29-27(31)14-15-28(32)30-17-16-22-6-3-4-7-25(22)19-30/h3-13,18,20H,14-17,19H2,1-2H3,(H,29,31). The van der Waals surface area contributed by atoms with Crippen molar-refractivity contribution in [3.05, 3.63) is 89.5 Å². The molecule has 2 amide bonds. The molecular weight excluding hydrogens is 460 g/mol. The van der Waals surface area contributed by atoms with Crippen LogP contribution in [0, 0.1) is 0 Å². The van der Waals surface area contributed by atoms with Gasteiger partial charge >= 0.3 is 0 Å². The minimum absolute atomic E-state index is 0.00276. The Morgan fingerprint density at radius 2 is 1.63 bits per heavy atom. The highest BCUT2D eigenvalue weighted by molar-refractivity contribution is 7.90. The molecule has 4 rings (SSSR count). The van der Waals surface area contributed by atoms with E-state index in [1.807, 2.05) is 54.3 Å². The number of amides is 2. The van der Waals surface area contributed by atoms with Crippen molar-refractivity contribution in [2.24, 2.45) is 0 Å². The molecule has 0 saturated carbocycles. The topological polar surface area (TPSA) is 83.6 Å². The number of benzene rings is 3. The summed E-state index contributed by atoms with van der Waals surface area (Å²) in [6.45, 7) is 3.19. The van der Waals surface area contributed by atoms with Crippen LogP contribution < -0.4 is 5.32 Å². The highest BCUT2D eigenvalue weighted by atomic mass is 32.2. The maximum absolute atomic E-state index is 12.6. The van der Waals surface area contributed by atoms with Crippen LogP contribution in [0.5, 0.6) is 0 Å². The second-order valence-corrected chi connectivity index (χ2v) is 11.1. The number of fused-ring (bicyclic) bond motifs is 1. The maximum Gasteiger partial charge on any atom is 0.223 e. The number of rotatable bonds is 7. The van der Waals surface area contributed by atoms with Gasteiger partial charge in [0.2, 0.25) is 11.8 Å². The van der Waals surface area contributed by atoms with Crippen molar-refractivity contribution in [3.63, 3.8) is 0 Å². The normalized spacial score (nSPS) is 14.2. The third-order valence-electron chi connectivity index (χ3n) is 6.43. The first-order valence-electron chi connectivity index (χ1n) is 11.7. The number of sulfone groups is 1. The van der Waals surface area contributed by atoms with Gasteiger partial charge in [0.1, 0.15) is 0 Å². The molecule has 3 aromatic rings. The Kier molecular flexibility index (Phi) is 7.36. The lowest BCUT2D eigenvalue weighted by Gasteiger charge is -2.29. The van der Waals surface area contributed by atoms with Crippen LogP contribution in [0.15, 0.2) is 77.7 Å². The summed E-state index contributed by atoms with van der Waals surface area (Å²) in [7, 11) is -3.28. The molecule has 1 atom stereocenters. The molecule has 0 spiro atoms. The van der Waals surface area contributed by atoms with E-state index in [0.717, 1.165) is 23.1 Å². The average molecular weight is 491 g/mol. The Morgan fingerprint density at radius 1 is 0.914 bits per heavy atom. The van der Waals surface area contributed by atoms with Crippen LogP contribution in [0.25, 0.3) is 11.1 Å². The van der Waals surface area contributed by atoms with Crippen LogP contribution in [-0.4, -0.2) is 37.9 Å². The second-order valence-electron chi connectivity index (χ2n) is 9.05. The van der Waals surface area contributed by atoms with E-state index in [1.165, 1.54) is 17.4 Å². The summed E-state index contributed by atoms with van der Waals surface area (Å²) >= 11 is 0. The zero-order chi connectivity index (χ0) is 25.0. The SMILES string of the molecule is CC(NC(=O)CCC(=O)N1CCc2ccccc2C1)c1ccc(-c2cccc(S(C)(=O)=O)c2)cc1. The van der Waals surface area contributed by atoms with Crippen LogP contribution in [0.4, 0.5) is 0 Å². The lowest BCUT2D eigenvalue weighted by molar-refractivity contribution is -0.134. The Bertz CT molecular complexity index is 1330. The zero-order valence-electron chi connectivity index (χ0n) is 20.0. The molecule has 7 heteroatoms. The quantitative estimate of drug-likeness (QED) is 0.535. The monoisotopic (exact) mass is 490 g/mol. The van der Waals surface area contributed by atoms with Crippen LogP contribution in [0.3, 0.4) is 0 Å². The van der Waals surface area contributed by atoms with E-state index in [9.17, 15) is 18.0 Å². The van der Waals surface area contributed by atoms with Gasteiger partial charge in [0.25, 0.3) is 0 Å². The fraction of sp³-hybridized carbons (Fsp3) is 0.286. The number of hydrogen-bond donors (Lipinski definition) is 1. The number of nitrogens with one attached hydrogen (secondary N) is 1. The second kappa shape index (κ2) is 10.4. The Morgan fingerprint density at radius 3 is 2.34 bits per heavy atom. The minimum atomic E-state index is -3.28. The summed E-state index contributed by atoms with van der Waals surface area (Å²) in [5.41, 5.74) is 5.11. The fourth-order valence-electron chi connectivity index (χ4n) is 4.35. The predicted octanol–water partition coefficient (Wildman–Crippen LogP) is 4.30. The van der Waals surface area contributed by atoms with Gasteiger partial charge in [0, 0.05) is 32.2 Å². The number of nitrogens with zero attached hydrogens (tertiary/aromatic N) is 1. The lowest BCUT2D eigenvalue weighted by atomic mass is 9.99. The summed E-state index contributed by atoms with van der Waals surface area (Å²) in [4.78, 5) is 27.2. The smallest absolute Gasteiger partial charge is 0.223 e. The van der Waals surface area contributed by atoms with Gasteiger partial charge in [-0.1, -0.05) is 60.7 Å². The molecule has 3 aromatic carbocycles. The molecule has 182 valence electrons. The van der Waals surface area contributed by atoms with Crippen LogP contribution >= 0.6 is 0 Å². The third-order valence-corrected chi connectivity index (χ3v) is 7.54. The molecule has 0 aromatic heterocycles. The third kappa shape index (κ3) is 6.17. The Labute approximate surface area is 206 Å². The predicted molar refractivity (Wildman–Crippen MR) is 136 cm³/mol. The van der Waals surface area contributed by atoms with Gasteiger partial charge in [0.05, 0.1) is 10.9 Å². The molecule has 1 aliphatic heterocycles. The van der Waals surface area contributed by atoms with Gasteiger partial charge in [-0.15, -0.1) is 0 Å². The van der Waals surface area contributed by atoms with Gasteiger partial charge in [0.15, 0.2) is 9.84 Å². The molecular formula is C28H30N2O4S. The first-order valence-corrected chi connectivity index (χ1v) is 13.6. The minimum Gasteiger partial charge on any atom is -0.350 e. The maximum atomic E-state index is 12.6. The van der Waals surface area contributed by atoms with E-state index in [-0.39, 0.29) is 35.6 Å². The molecule has 1 heterocycles. The van der Waals surface area contributed by atoms with Crippen LogP contribution in [0.2, 0.25) is 0 Å². The molecule has 0 bridgehead atoms. The van der Waals surface area contributed by atoms with Crippen molar-refractivity contribution in [2.45, 2.75) is 43.7 Å². The Hall–Kier alpha value is -3.45. The molecule has 0 saturated heterocycles. The summed E-state index contributed by atoms with van der Waals surface area (Å²) in [6.07, 6.45) is 2.38. The van der Waals surface area contributed by atoms with E-state index in [0.29, 0.717) is 13.1 Å².